The summed E-state index contributed by atoms with van der Waals surface area (Å²) in [7, 11) is 3.24. The van der Waals surface area contributed by atoms with E-state index < -0.39 is 0 Å². The molecule has 0 unspecified atom stereocenters. The molecule has 1 aromatic rings. The highest BCUT2D eigenvalue weighted by Gasteiger charge is 2.19. The van der Waals surface area contributed by atoms with Crippen molar-refractivity contribution in [2.75, 3.05) is 0 Å². The summed E-state index contributed by atoms with van der Waals surface area (Å²) in [6, 6.07) is 0. The van der Waals surface area contributed by atoms with Gasteiger partial charge in [-0.2, -0.15) is 11.8 Å². The summed E-state index contributed by atoms with van der Waals surface area (Å²) in [6.07, 6.45) is 0. The van der Waals surface area contributed by atoms with Crippen molar-refractivity contribution in [2.45, 2.75) is 11.5 Å². The minimum Gasteiger partial charge on any atom is -0.299 e. The van der Waals surface area contributed by atoms with Gasteiger partial charge in [0.25, 0.3) is 5.56 Å². The lowest BCUT2D eigenvalue weighted by molar-refractivity contribution is 0.658. The zero-order valence-corrected chi connectivity index (χ0v) is 8.35. The molecule has 0 radical (unpaired) electrons. The number of nitrogens with zero attached hydrogens (tertiary/aromatic N) is 2. The lowest BCUT2D eigenvalue weighted by atomic mass is 10.2. The molecule has 13 heavy (non-hydrogen) atoms. The van der Waals surface area contributed by atoms with Gasteiger partial charge in [0.2, 0.25) is 0 Å². The highest BCUT2D eigenvalue weighted by Crippen LogP contribution is 2.25. The average molecular weight is 198 g/mol. The number of hydrogen-bond acceptors (Lipinski definition) is 3. The van der Waals surface area contributed by atoms with Gasteiger partial charge in [0.1, 0.15) is 0 Å². The summed E-state index contributed by atoms with van der Waals surface area (Å²) in [6.45, 7) is 0. The SMILES string of the molecule is Cn1c2c(c(=O)n(C)c1=O)CSC2. The van der Waals surface area contributed by atoms with Gasteiger partial charge in [0.15, 0.2) is 0 Å². The normalized spacial score (nSPS) is 14.6. The van der Waals surface area contributed by atoms with Crippen LogP contribution in [-0.2, 0) is 25.6 Å². The van der Waals surface area contributed by atoms with Crippen LogP contribution in [0.15, 0.2) is 9.59 Å². The first-order chi connectivity index (χ1) is 6.13. The molecule has 1 aliphatic heterocycles. The minimum absolute atomic E-state index is 0.136. The van der Waals surface area contributed by atoms with Crippen molar-refractivity contribution >= 4 is 11.8 Å². The number of fused-ring (bicyclic) bond motifs is 1. The fourth-order valence-corrected chi connectivity index (χ4v) is 2.69. The van der Waals surface area contributed by atoms with Crippen molar-refractivity contribution in [3.63, 3.8) is 0 Å². The molecule has 0 aliphatic carbocycles. The Kier molecular flexibility index (Phi) is 1.83. The molecule has 5 heteroatoms. The van der Waals surface area contributed by atoms with Crippen molar-refractivity contribution < 1.29 is 0 Å². The van der Waals surface area contributed by atoms with Gasteiger partial charge in [-0.25, -0.2) is 4.79 Å². The molecule has 0 bridgehead atoms. The molecule has 1 aliphatic rings. The maximum absolute atomic E-state index is 11.6. The number of thioether (sulfide) groups is 1. The van der Waals surface area contributed by atoms with E-state index in [2.05, 4.69) is 0 Å². The molecule has 0 N–H and O–H groups in total. The summed E-state index contributed by atoms with van der Waals surface area (Å²) in [4.78, 5) is 23.0. The van der Waals surface area contributed by atoms with Crippen molar-refractivity contribution in [3.05, 3.63) is 32.1 Å². The third kappa shape index (κ3) is 1.07. The van der Waals surface area contributed by atoms with Crippen LogP contribution in [0.1, 0.15) is 11.3 Å². The second-order valence-corrected chi connectivity index (χ2v) is 4.11. The second kappa shape index (κ2) is 2.77. The molecule has 0 saturated heterocycles. The van der Waals surface area contributed by atoms with Crippen molar-refractivity contribution in [1.82, 2.24) is 9.13 Å². The smallest absolute Gasteiger partial charge is 0.299 e. The summed E-state index contributed by atoms with van der Waals surface area (Å²) in [5.74, 6) is 1.51. The predicted octanol–water partition coefficient (Wildman–Crippen LogP) is -0.169. The van der Waals surface area contributed by atoms with Gasteiger partial charge < -0.3 is 0 Å². The standard InChI is InChI=1S/C8H10N2O2S/c1-9-6-4-13-3-5(6)7(11)10(2)8(9)12/h3-4H2,1-2H3. The Balaban J connectivity index is 2.93. The summed E-state index contributed by atoms with van der Waals surface area (Å²) in [5, 5.41) is 0. The van der Waals surface area contributed by atoms with Crippen LogP contribution in [0.2, 0.25) is 0 Å². The first kappa shape index (κ1) is 8.62. The molecular weight excluding hydrogens is 188 g/mol. The predicted molar refractivity (Wildman–Crippen MR) is 51.9 cm³/mol. The quantitative estimate of drug-likeness (QED) is 0.581. The number of hydrogen-bond donors (Lipinski definition) is 0. The van der Waals surface area contributed by atoms with Crippen molar-refractivity contribution in [3.8, 4) is 0 Å². The van der Waals surface area contributed by atoms with Crippen LogP contribution in [-0.4, -0.2) is 9.13 Å². The monoisotopic (exact) mass is 198 g/mol. The van der Waals surface area contributed by atoms with Gasteiger partial charge in [-0.1, -0.05) is 0 Å². The van der Waals surface area contributed by atoms with Crippen LogP contribution in [0.3, 0.4) is 0 Å². The van der Waals surface area contributed by atoms with E-state index in [9.17, 15) is 9.59 Å². The van der Waals surface area contributed by atoms with Gasteiger partial charge in [-0.15, -0.1) is 0 Å². The molecule has 0 aromatic carbocycles. The third-order valence-electron chi connectivity index (χ3n) is 2.38. The highest BCUT2D eigenvalue weighted by atomic mass is 32.2. The Bertz CT molecular complexity index is 472. The Morgan fingerprint density at radius 1 is 1.15 bits per heavy atom. The van der Waals surface area contributed by atoms with E-state index in [4.69, 9.17) is 0 Å². The van der Waals surface area contributed by atoms with Crippen LogP contribution >= 0.6 is 11.8 Å². The molecule has 0 fully saturated rings. The zero-order chi connectivity index (χ0) is 9.59. The first-order valence-corrected chi connectivity index (χ1v) is 5.14. The summed E-state index contributed by atoms with van der Waals surface area (Å²) >= 11 is 1.68. The average Bonchev–Trinajstić information content (AvgIpc) is 2.59. The van der Waals surface area contributed by atoms with E-state index >= 15 is 0 Å². The van der Waals surface area contributed by atoms with Crippen LogP contribution in [0.5, 0.6) is 0 Å². The molecule has 0 saturated carbocycles. The largest absolute Gasteiger partial charge is 0.330 e. The Labute approximate surface area is 79.2 Å². The van der Waals surface area contributed by atoms with Gasteiger partial charge >= 0.3 is 5.69 Å². The third-order valence-corrected chi connectivity index (χ3v) is 3.35. The van der Waals surface area contributed by atoms with E-state index in [1.54, 1.807) is 23.4 Å². The van der Waals surface area contributed by atoms with E-state index in [0.29, 0.717) is 0 Å². The number of aromatic nitrogens is 2. The molecule has 2 heterocycles. The fourth-order valence-electron chi connectivity index (χ4n) is 1.53. The van der Waals surface area contributed by atoms with Gasteiger partial charge in [-0.05, 0) is 0 Å². The van der Waals surface area contributed by atoms with Gasteiger partial charge in [0.05, 0.1) is 0 Å². The molecule has 1 aromatic heterocycles. The molecule has 0 amide bonds. The molecule has 2 rings (SSSR count). The minimum atomic E-state index is -0.230. The van der Waals surface area contributed by atoms with Gasteiger partial charge in [0, 0.05) is 36.9 Å². The van der Waals surface area contributed by atoms with Crippen LogP contribution in [0, 0.1) is 0 Å². The van der Waals surface area contributed by atoms with Crippen molar-refractivity contribution in [1.29, 1.82) is 0 Å². The van der Waals surface area contributed by atoms with Crippen LogP contribution in [0.25, 0.3) is 0 Å². The first-order valence-electron chi connectivity index (χ1n) is 3.98. The van der Waals surface area contributed by atoms with Crippen molar-refractivity contribution in [2.24, 2.45) is 14.1 Å². The van der Waals surface area contributed by atoms with E-state index in [1.807, 2.05) is 0 Å². The molecule has 4 nitrogen and oxygen atoms in total. The van der Waals surface area contributed by atoms with E-state index in [0.717, 1.165) is 22.8 Å². The maximum Gasteiger partial charge on any atom is 0.330 e. The number of rotatable bonds is 0. The molecule has 0 atom stereocenters. The Morgan fingerprint density at radius 2 is 1.85 bits per heavy atom. The zero-order valence-electron chi connectivity index (χ0n) is 7.53. The Morgan fingerprint density at radius 3 is 2.54 bits per heavy atom. The molecule has 70 valence electrons. The second-order valence-electron chi connectivity index (χ2n) is 3.12. The fraction of sp³-hybridized carbons (Fsp3) is 0.500. The summed E-state index contributed by atoms with van der Waals surface area (Å²) in [5.41, 5.74) is 1.31. The van der Waals surface area contributed by atoms with E-state index in [-0.39, 0.29) is 11.2 Å². The highest BCUT2D eigenvalue weighted by molar-refractivity contribution is 7.98. The maximum atomic E-state index is 11.6. The summed E-state index contributed by atoms with van der Waals surface area (Å²) < 4.78 is 2.74. The topological polar surface area (TPSA) is 44.0 Å². The van der Waals surface area contributed by atoms with Gasteiger partial charge in [-0.3, -0.25) is 13.9 Å². The lowest BCUT2D eigenvalue weighted by Gasteiger charge is -2.07. The van der Waals surface area contributed by atoms with Crippen LogP contribution < -0.4 is 11.2 Å². The molecule has 0 spiro atoms. The lowest BCUT2D eigenvalue weighted by Crippen LogP contribution is -2.39. The van der Waals surface area contributed by atoms with Crippen LogP contribution in [0.4, 0.5) is 0 Å². The molecular formula is C8H10N2O2S. The van der Waals surface area contributed by atoms with E-state index in [1.165, 1.54) is 11.6 Å². The Hall–Kier alpha value is -0.970.